The van der Waals surface area contributed by atoms with E-state index in [4.69, 9.17) is 5.73 Å². The van der Waals surface area contributed by atoms with Gasteiger partial charge in [0.15, 0.2) is 0 Å². The molecule has 1 aromatic carbocycles. The predicted octanol–water partition coefficient (Wildman–Crippen LogP) is 6.50. The van der Waals surface area contributed by atoms with Crippen molar-refractivity contribution in [2.75, 3.05) is 0 Å². The van der Waals surface area contributed by atoms with Crippen molar-refractivity contribution < 1.29 is 0 Å². The maximum Gasteiger partial charge on any atom is 0.0389 e. The van der Waals surface area contributed by atoms with Crippen LogP contribution in [0.1, 0.15) is 30.7 Å². The zero-order valence-corrected chi connectivity index (χ0v) is 16.0. The van der Waals surface area contributed by atoms with Gasteiger partial charge in [-0.25, -0.2) is 0 Å². The summed E-state index contributed by atoms with van der Waals surface area (Å²) in [4.78, 5) is 2.48. The normalized spacial score (nSPS) is 12.7. The third-order valence-electron chi connectivity index (χ3n) is 2.85. The lowest BCUT2D eigenvalue weighted by molar-refractivity contribution is 0.648. The number of hydrogen-bond acceptors (Lipinski definition) is 2. The Morgan fingerprint density at radius 2 is 1.79 bits per heavy atom. The minimum absolute atomic E-state index is 0.150. The SMILES string of the molecule is CCCC(N)c1ccc(-c2c(Br)cc(Br)cc2Br)s1. The average Bonchev–Trinajstić information content (AvgIpc) is 2.77. The molecule has 1 heterocycles. The van der Waals surface area contributed by atoms with Crippen molar-refractivity contribution >= 4 is 59.1 Å². The first-order valence-corrected chi connectivity index (χ1v) is 9.22. The number of hydrogen-bond donors (Lipinski definition) is 1. The van der Waals surface area contributed by atoms with Crippen LogP contribution in [0.25, 0.3) is 10.4 Å². The van der Waals surface area contributed by atoms with Crippen molar-refractivity contribution in [3.05, 3.63) is 42.6 Å². The molecule has 1 atom stereocenters. The maximum absolute atomic E-state index is 6.18. The van der Waals surface area contributed by atoms with Gasteiger partial charge in [0.1, 0.15) is 0 Å². The molecular weight excluding hydrogens is 454 g/mol. The first kappa shape index (κ1) is 15.7. The molecule has 0 aliphatic carbocycles. The molecule has 2 aromatic rings. The highest BCUT2D eigenvalue weighted by molar-refractivity contribution is 9.11. The number of halogens is 3. The van der Waals surface area contributed by atoms with E-state index in [0.29, 0.717) is 0 Å². The molecule has 0 radical (unpaired) electrons. The van der Waals surface area contributed by atoms with Gasteiger partial charge in [0.2, 0.25) is 0 Å². The summed E-state index contributed by atoms with van der Waals surface area (Å²) in [5.74, 6) is 0. The number of nitrogens with two attached hydrogens (primary N) is 1. The van der Waals surface area contributed by atoms with Crippen LogP contribution in [-0.4, -0.2) is 0 Å². The second-order valence-corrected chi connectivity index (χ2v) is 8.08. The molecule has 0 aliphatic heterocycles. The molecule has 2 rings (SSSR count). The fourth-order valence-corrected chi connectivity index (χ4v) is 5.98. The molecule has 0 saturated carbocycles. The van der Waals surface area contributed by atoms with Crippen LogP contribution >= 0.6 is 59.1 Å². The minimum Gasteiger partial charge on any atom is -0.323 e. The van der Waals surface area contributed by atoms with Crippen LogP contribution in [0, 0.1) is 0 Å². The molecule has 0 amide bonds. The van der Waals surface area contributed by atoms with E-state index in [9.17, 15) is 0 Å². The van der Waals surface area contributed by atoms with Gasteiger partial charge in [0, 0.05) is 34.8 Å². The van der Waals surface area contributed by atoms with Gasteiger partial charge in [-0.3, -0.25) is 0 Å². The highest BCUT2D eigenvalue weighted by atomic mass is 79.9. The van der Waals surface area contributed by atoms with Crippen LogP contribution < -0.4 is 5.73 Å². The van der Waals surface area contributed by atoms with Crippen molar-refractivity contribution in [1.29, 1.82) is 0 Å². The number of benzene rings is 1. The Labute approximate surface area is 143 Å². The molecule has 0 spiro atoms. The van der Waals surface area contributed by atoms with E-state index in [-0.39, 0.29) is 6.04 Å². The Kier molecular flexibility index (Phi) is 5.66. The van der Waals surface area contributed by atoms with Crippen molar-refractivity contribution in [3.63, 3.8) is 0 Å². The fourth-order valence-electron chi connectivity index (χ4n) is 1.92. The summed E-state index contributed by atoms with van der Waals surface area (Å²) >= 11 is 12.5. The third-order valence-corrected chi connectivity index (χ3v) is 5.79. The van der Waals surface area contributed by atoms with Crippen molar-refractivity contribution in [1.82, 2.24) is 0 Å². The summed E-state index contributed by atoms with van der Waals surface area (Å²) in [5.41, 5.74) is 7.36. The number of rotatable bonds is 4. The lowest BCUT2D eigenvalue weighted by Gasteiger charge is -2.08. The number of thiophene rings is 1. The van der Waals surface area contributed by atoms with Crippen LogP contribution in [0.4, 0.5) is 0 Å². The molecule has 5 heteroatoms. The molecule has 1 unspecified atom stereocenters. The monoisotopic (exact) mass is 465 g/mol. The van der Waals surface area contributed by atoms with Gasteiger partial charge >= 0.3 is 0 Å². The second-order valence-electron chi connectivity index (χ2n) is 4.34. The van der Waals surface area contributed by atoms with Gasteiger partial charge in [-0.2, -0.15) is 0 Å². The molecule has 2 N–H and O–H groups in total. The summed E-state index contributed by atoms with van der Waals surface area (Å²) in [6.07, 6.45) is 2.14. The Morgan fingerprint density at radius 3 is 2.37 bits per heavy atom. The molecule has 19 heavy (non-hydrogen) atoms. The Bertz CT molecular complexity index is 557. The van der Waals surface area contributed by atoms with Gasteiger partial charge in [-0.05, 0) is 30.7 Å². The Hall–Kier alpha value is 0.320. The highest BCUT2D eigenvalue weighted by Gasteiger charge is 2.14. The van der Waals surface area contributed by atoms with Crippen molar-refractivity contribution in [2.45, 2.75) is 25.8 Å². The van der Waals surface area contributed by atoms with Crippen LogP contribution in [0.3, 0.4) is 0 Å². The lowest BCUT2D eigenvalue weighted by Crippen LogP contribution is -2.07. The second kappa shape index (κ2) is 6.85. The van der Waals surface area contributed by atoms with Crippen molar-refractivity contribution in [2.24, 2.45) is 5.73 Å². The van der Waals surface area contributed by atoms with Gasteiger partial charge < -0.3 is 5.73 Å². The highest BCUT2D eigenvalue weighted by Crippen LogP contribution is 2.41. The Balaban J connectivity index is 2.38. The first-order valence-electron chi connectivity index (χ1n) is 6.03. The molecule has 0 fully saturated rings. The molecule has 102 valence electrons. The summed E-state index contributed by atoms with van der Waals surface area (Å²) in [5, 5.41) is 0. The van der Waals surface area contributed by atoms with Crippen LogP contribution in [0.5, 0.6) is 0 Å². The van der Waals surface area contributed by atoms with E-state index in [2.05, 4.69) is 79.0 Å². The van der Waals surface area contributed by atoms with Crippen molar-refractivity contribution in [3.8, 4) is 10.4 Å². The van der Waals surface area contributed by atoms with E-state index in [0.717, 1.165) is 26.3 Å². The van der Waals surface area contributed by atoms with Gasteiger partial charge in [-0.1, -0.05) is 61.1 Å². The lowest BCUT2D eigenvalue weighted by atomic mass is 10.1. The van der Waals surface area contributed by atoms with Crippen LogP contribution in [0.2, 0.25) is 0 Å². The zero-order chi connectivity index (χ0) is 14.0. The average molecular weight is 468 g/mol. The maximum atomic E-state index is 6.18. The molecule has 0 saturated heterocycles. The fraction of sp³-hybridized carbons (Fsp3) is 0.286. The van der Waals surface area contributed by atoms with Gasteiger partial charge in [0.05, 0.1) is 0 Å². The molecular formula is C14H14Br3NS. The summed E-state index contributed by atoms with van der Waals surface area (Å²) in [6, 6.07) is 8.56. The van der Waals surface area contributed by atoms with Crippen LogP contribution in [0.15, 0.2) is 37.7 Å². The van der Waals surface area contributed by atoms with E-state index < -0.39 is 0 Å². The third kappa shape index (κ3) is 3.70. The van der Waals surface area contributed by atoms with E-state index in [1.165, 1.54) is 15.3 Å². The predicted molar refractivity (Wildman–Crippen MR) is 94.7 cm³/mol. The Morgan fingerprint density at radius 1 is 1.16 bits per heavy atom. The standard InChI is InChI=1S/C14H14Br3NS/c1-2-3-11(18)12-4-5-13(19-12)14-9(16)6-8(15)7-10(14)17/h4-7,11H,2-3,18H2,1H3. The quantitative estimate of drug-likeness (QED) is 0.545. The summed E-state index contributed by atoms with van der Waals surface area (Å²) in [6.45, 7) is 2.16. The molecule has 0 bridgehead atoms. The molecule has 1 nitrogen and oxygen atoms in total. The molecule has 1 aromatic heterocycles. The van der Waals surface area contributed by atoms with E-state index in [1.807, 2.05) is 0 Å². The zero-order valence-electron chi connectivity index (χ0n) is 10.4. The molecule has 0 aliphatic rings. The summed E-state index contributed by atoms with van der Waals surface area (Å²) in [7, 11) is 0. The van der Waals surface area contributed by atoms with Gasteiger partial charge in [0.25, 0.3) is 0 Å². The smallest absolute Gasteiger partial charge is 0.0389 e. The summed E-state index contributed by atoms with van der Waals surface area (Å²) < 4.78 is 3.20. The van der Waals surface area contributed by atoms with Gasteiger partial charge in [-0.15, -0.1) is 11.3 Å². The topological polar surface area (TPSA) is 26.0 Å². The van der Waals surface area contributed by atoms with Crippen LogP contribution in [-0.2, 0) is 0 Å². The first-order chi connectivity index (χ1) is 9.02. The largest absolute Gasteiger partial charge is 0.323 e. The minimum atomic E-state index is 0.150. The van der Waals surface area contributed by atoms with E-state index >= 15 is 0 Å². The van der Waals surface area contributed by atoms with E-state index in [1.54, 1.807) is 11.3 Å².